The van der Waals surface area contributed by atoms with Crippen LogP contribution in [0.15, 0.2) is 22.1 Å². The number of likely N-dealkylation sites (tertiary alicyclic amines) is 1. The smallest absolute Gasteiger partial charge is 0.289 e. The minimum absolute atomic E-state index is 0.0691. The normalized spacial score (nSPS) is 18.1. The summed E-state index contributed by atoms with van der Waals surface area (Å²) >= 11 is 7.44. The highest BCUT2D eigenvalue weighted by Gasteiger charge is 2.29. The Bertz CT molecular complexity index is 684. The summed E-state index contributed by atoms with van der Waals surface area (Å²) in [4.78, 5) is 22.1. The van der Waals surface area contributed by atoms with Gasteiger partial charge in [-0.2, -0.15) is 0 Å². The summed E-state index contributed by atoms with van der Waals surface area (Å²) in [6.07, 6.45) is 1.02. The van der Waals surface area contributed by atoms with Crippen molar-refractivity contribution >= 4 is 28.8 Å². The number of amides is 1. The summed E-state index contributed by atoms with van der Waals surface area (Å²) in [6.45, 7) is 5.47. The number of rotatable bonds is 5. The van der Waals surface area contributed by atoms with Gasteiger partial charge < -0.3 is 14.2 Å². The highest BCUT2D eigenvalue weighted by Crippen LogP contribution is 2.23. The van der Waals surface area contributed by atoms with E-state index in [4.69, 9.17) is 16.0 Å². The van der Waals surface area contributed by atoms with Gasteiger partial charge in [0.25, 0.3) is 5.91 Å². The fourth-order valence-corrected chi connectivity index (χ4v) is 3.98. The average molecular weight is 354 g/mol. The van der Waals surface area contributed by atoms with Gasteiger partial charge >= 0.3 is 0 Å². The van der Waals surface area contributed by atoms with Crippen LogP contribution < -0.4 is 0 Å². The van der Waals surface area contributed by atoms with Gasteiger partial charge in [0.05, 0.1) is 11.2 Å². The third-order valence-corrected chi connectivity index (χ3v) is 5.31. The second kappa shape index (κ2) is 7.03. The zero-order valence-corrected chi connectivity index (χ0v) is 14.9. The number of nitrogens with zero attached hydrogens (tertiary/aromatic N) is 3. The van der Waals surface area contributed by atoms with Gasteiger partial charge in [-0.15, -0.1) is 11.3 Å². The number of furan rings is 1. The summed E-state index contributed by atoms with van der Waals surface area (Å²) in [7, 11) is 2.12. The van der Waals surface area contributed by atoms with Crippen molar-refractivity contribution in [2.24, 2.45) is 5.92 Å². The van der Waals surface area contributed by atoms with Gasteiger partial charge in [-0.25, -0.2) is 4.98 Å². The van der Waals surface area contributed by atoms with E-state index in [9.17, 15) is 4.79 Å². The van der Waals surface area contributed by atoms with Crippen LogP contribution in [0.1, 0.15) is 27.5 Å². The van der Waals surface area contributed by atoms with E-state index in [0.29, 0.717) is 11.7 Å². The largest absolute Gasteiger partial charge is 0.440 e. The van der Waals surface area contributed by atoms with Gasteiger partial charge in [-0.05, 0) is 50.0 Å². The van der Waals surface area contributed by atoms with Gasteiger partial charge in [0.1, 0.15) is 0 Å². The van der Waals surface area contributed by atoms with E-state index in [2.05, 4.69) is 16.9 Å². The second-order valence-electron chi connectivity index (χ2n) is 6.07. The number of hydrogen-bond acceptors (Lipinski definition) is 5. The first-order valence-electron chi connectivity index (χ1n) is 7.65. The quantitative estimate of drug-likeness (QED) is 0.827. The molecule has 0 bridgehead atoms. The van der Waals surface area contributed by atoms with E-state index in [1.807, 2.05) is 17.3 Å². The number of hydrogen-bond donors (Lipinski definition) is 0. The van der Waals surface area contributed by atoms with Crippen LogP contribution in [0.5, 0.6) is 0 Å². The molecule has 7 heteroatoms. The van der Waals surface area contributed by atoms with Crippen molar-refractivity contribution in [2.75, 3.05) is 26.7 Å². The lowest BCUT2D eigenvalue weighted by Gasteiger charge is -2.21. The van der Waals surface area contributed by atoms with Crippen LogP contribution in [-0.2, 0) is 6.54 Å². The molecule has 124 valence electrons. The second-order valence-corrected chi connectivity index (χ2v) is 7.38. The lowest BCUT2D eigenvalue weighted by Crippen LogP contribution is -2.31. The molecule has 23 heavy (non-hydrogen) atoms. The monoisotopic (exact) mass is 353 g/mol. The maximum Gasteiger partial charge on any atom is 0.289 e. The van der Waals surface area contributed by atoms with Crippen LogP contribution in [0.2, 0.25) is 5.22 Å². The molecule has 1 amide bonds. The molecular formula is C16H20ClN3O2S. The SMILES string of the molecule is Cc1ncsc1CN(C)C[C@H]1CCN(C(=O)c2ccc(Cl)o2)C1. The molecule has 1 aliphatic rings. The molecule has 0 spiro atoms. The molecule has 0 radical (unpaired) electrons. The van der Waals surface area contributed by atoms with Crippen LogP contribution in [0.4, 0.5) is 0 Å². The average Bonchev–Trinajstić information content (AvgIpc) is 3.22. The van der Waals surface area contributed by atoms with E-state index in [1.54, 1.807) is 23.5 Å². The molecular weight excluding hydrogens is 334 g/mol. The van der Waals surface area contributed by atoms with Crippen molar-refractivity contribution in [3.63, 3.8) is 0 Å². The van der Waals surface area contributed by atoms with E-state index >= 15 is 0 Å². The molecule has 2 aromatic rings. The maximum absolute atomic E-state index is 12.3. The van der Waals surface area contributed by atoms with Crippen molar-refractivity contribution in [2.45, 2.75) is 19.9 Å². The Kier molecular flexibility index (Phi) is 5.04. The van der Waals surface area contributed by atoms with Crippen LogP contribution in [-0.4, -0.2) is 47.4 Å². The highest BCUT2D eigenvalue weighted by molar-refractivity contribution is 7.09. The van der Waals surface area contributed by atoms with Crippen LogP contribution in [0.3, 0.4) is 0 Å². The first-order chi connectivity index (χ1) is 11.0. The molecule has 3 heterocycles. The fourth-order valence-electron chi connectivity index (χ4n) is 2.98. The van der Waals surface area contributed by atoms with E-state index in [1.165, 1.54) is 4.88 Å². The Hall–Kier alpha value is -1.37. The van der Waals surface area contributed by atoms with Crippen molar-refractivity contribution in [3.8, 4) is 0 Å². The minimum Gasteiger partial charge on any atom is -0.440 e. The summed E-state index contributed by atoms with van der Waals surface area (Å²) < 4.78 is 5.22. The lowest BCUT2D eigenvalue weighted by molar-refractivity contribution is 0.0752. The zero-order chi connectivity index (χ0) is 16.4. The van der Waals surface area contributed by atoms with Crippen LogP contribution in [0, 0.1) is 12.8 Å². The summed E-state index contributed by atoms with van der Waals surface area (Å²) in [6, 6.07) is 3.24. The number of carbonyl (C=O) groups excluding carboxylic acids is 1. The van der Waals surface area contributed by atoms with Gasteiger partial charge in [-0.3, -0.25) is 4.79 Å². The summed E-state index contributed by atoms with van der Waals surface area (Å²) in [5.74, 6) is 0.743. The van der Waals surface area contributed by atoms with Crippen molar-refractivity contribution in [1.82, 2.24) is 14.8 Å². The highest BCUT2D eigenvalue weighted by atomic mass is 35.5. The Labute approximate surface area is 144 Å². The summed E-state index contributed by atoms with van der Waals surface area (Å²) in [5.41, 5.74) is 3.00. The Morgan fingerprint density at radius 2 is 2.39 bits per heavy atom. The number of halogens is 1. The molecule has 0 saturated carbocycles. The Morgan fingerprint density at radius 1 is 1.57 bits per heavy atom. The van der Waals surface area contributed by atoms with Crippen LogP contribution in [0.25, 0.3) is 0 Å². The van der Waals surface area contributed by atoms with Gasteiger partial charge in [0, 0.05) is 31.1 Å². The molecule has 1 atom stereocenters. The van der Waals surface area contributed by atoms with E-state index in [-0.39, 0.29) is 11.1 Å². The summed E-state index contributed by atoms with van der Waals surface area (Å²) in [5, 5.41) is 0.253. The van der Waals surface area contributed by atoms with Crippen molar-refractivity contribution in [3.05, 3.63) is 39.2 Å². The van der Waals surface area contributed by atoms with Gasteiger partial charge in [0.15, 0.2) is 11.0 Å². The minimum atomic E-state index is -0.0691. The molecule has 0 aliphatic carbocycles. The van der Waals surface area contributed by atoms with Crippen molar-refractivity contribution < 1.29 is 9.21 Å². The van der Waals surface area contributed by atoms with E-state index in [0.717, 1.165) is 38.3 Å². The fraction of sp³-hybridized carbons (Fsp3) is 0.500. The topological polar surface area (TPSA) is 49.6 Å². The molecule has 1 fully saturated rings. The molecule has 1 saturated heterocycles. The lowest BCUT2D eigenvalue weighted by atomic mass is 10.1. The molecule has 2 aromatic heterocycles. The van der Waals surface area contributed by atoms with E-state index < -0.39 is 0 Å². The molecule has 0 aromatic carbocycles. The number of thiazole rings is 1. The van der Waals surface area contributed by atoms with Gasteiger partial charge in [0.2, 0.25) is 0 Å². The first-order valence-corrected chi connectivity index (χ1v) is 8.91. The van der Waals surface area contributed by atoms with Gasteiger partial charge in [-0.1, -0.05) is 0 Å². The number of aryl methyl sites for hydroxylation is 1. The molecule has 0 N–H and O–H groups in total. The molecule has 5 nitrogen and oxygen atoms in total. The predicted molar refractivity (Wildman–Crippen MR) is 90.9 cm³/mol. The molecule has 3 rings (SSSR count). The number of carbonyl (C=O) groups is 1. The third kappa shape index (κ3) is 3.94. The standard InChI is InChI=1S/C16H20ClN3O2S/c1-11-14(23-10-18-11)9-19(2)7-12-5-6-20(8-12)16(21)13-3-4-15(17)22-13/h3-4,10,12H,5-9H2,1-2H3/t12-/m1/s1. The Morgan fingerprint density at radius 3 is 3.04 bits per heavy atom. The van der Waals surface area contributed by atoms with Crippen LogP contribution >= 0.6 is 22.9 Å². The first kappa shape index (κ1) is 16.5. The zero-order valence-electron chi connectivity index (χ0n) is 13.3. The number of aromatic nitrogens is 1. The molecule has 0 unspecified atom stereocenters. The predicted octanol–water partition coefficient (Wildman–Crippen LogP) is 3.29. The Balaban J connectivity index is 1.51. The third-order valence-electron chi connectivity index (χ3n) is 4.19. The van der Waals surface area contributed by atoms with Crippen molar-refractivity contribution in [1.29, 1.82) is 0 Å². The maximum atomic E-state index is 12.3. The molecule has 1 aliphatic heterocycles.